The van der Waals surface area contributed by atoms with Gasteiger partial charge in [-0.1, -0.05) is 48.0 Å². The molecule has 1 N–H and O–H groups in total. The predicted molar refractivity (Wildman–Crippen MR) is 112 cm³/mol. The summed E-state index contributed by atoms with van der Waals surface area (Å²) in [5, 5.41) is 6.81. The number of nitrogens with one attached hydrogen (secondary N) is 1. The molecule has 1 saturated heterocycles. The molecule has 0 bridgehead atoms. The molecule has 1 aromatic heterocycles. The molecule has 6 nitrogen and oxygen atoms in total. The zero-order valence-electron chi connectivity index (χ0n) is 16.5. The maximum Gasteiger partial charge on any atom is 0.275 e. The van der Waals surface area contributed by atoms with Gasteiger partial charge in [0.25, 0.3) is 5.91 Å². The van der Waals surface area contributed by atoms with Crippen molar-refractivity contribution in [2.24, 2.45) is 5.10 Å². The number of rotatable bonds is 2. The fourth-order valence-corrected chi connectivity index (χ4v) is 4.57. The van der Waals surface area contributed by atoms with Crippen molar-refractivity contribution in [3.8, 4) is 0 Å². The molecule has 3 aromatic rings. The van der Waals surface area contributed by atoms with Gasteiger partial charge in [-0.05, 0) is 37.5 Å². The summed E-state index contributed by atoms with van der Waals surface area (Å²) in [6, 6.07) is 15.9. The summed E-state index contributed by atoms with van der Waals surface area (Å²) in [4.78, 5) is 31.6. The fraction of sp³-hybridized carbons (Fsp3) is 0.261. The number of fused-ring (bicyclic) bond motifs is 5. The molecular weight excluding hydrogens is 364 g/mol. The lowest BCUT2D eigenvalue weighted by molar-refractivity contribution is -0.165. The third kappa shape index (κ3) is 2.59. The minimum atomic E-state index is -1.08. The van der Waals surface area contributed by atoms with E-state index < -0.39 is 5.54 Å². The Hall–Kier alpha value is -3.41. The van der Waals surface area contributed by atoms with E-state index in [1.165, 1.54) is 5.01 Å². The Bertz CT molecular complexity index is 1180. The largest absolute Gasteiger partial charge is 0.356 e. The highest BCUT2D eigenvalue weighted by atomic mass is 16.2. The first kappa shape index (κ1) is 17.7. The van der Waals surface area contributed by atoms with Crippen molar-refractivity contribution in [1.82, 2.24) is 14.9 Å². The number of nitrogens with zero attached hydrogens (tertiary/aromatic N) is 3. The molecule has 29 heavy (non-hydrogen) atoms. The zero-order valence-corrected chi connectivity index (χ0v) is 16.5. The highest BCUT2D eigenvalue weighted by Gasteiger charge is 2.54. The van der Waals surface area contributed by atoms with E-state index in [0.717, 1.165) is 39.7 Å². The molecule has 146 valence electrons. The van der Waals surface area contributed by atoms with E-state index in [2.05, 4.69) is 16.2 Å². The zero-order chi connectivity index (χ0) is 20.2. The summed E-state index contributed by atoms with van der Waals surface area (Å²) in [6.45, 7) is 4.33. The second kappa shape index (κ2) is 6.30. The van der Waals surface area contributed by atoms with E-state index in [9.17, 15) is 9.59 Å². The Kier molecular flexibility index (Phi) is 3.84. The van der Waals surface area contributed by atoms with Gasteiger partial charge in [-0.15, -0.1) is 0 Å². The quantitative estimate of drug-likeness (QED) is 0.688. The van der Waals surface area contributed by atoms with Crippen molar-refractivity contribution in [2.45, 2.75) is 25.8 Å². The van der Waals surface area contributed by atoms with Crippen molar-refractivity contribution in [3.05, 3.63) is 70.9 Å². The van der Waals surface area contributed by atoms with Crippen molar-refractivity contribution >= 4 is 28.9 Å². The van der Waals surface area contributed by atoms with Crippen LogP contribution in [0.4, 0.5) is 0 Å². The molecule has 1 atom stereocenters. The molecule has 2 aromatic carbocycles. The molecular formula is C23H22N4O2. The fourth-order valence-electron chi connectivity index (χ4n) is 4.57. The Morgan fingerprint density at radius 2 is 1.97 bits per heavy atom. The van der Waals surface area contributed by atoms with Crippen LogP contribution in [0.1, 0.15) is 29.3 Å². The van der Waals surface area contributed by atoms with Gasteiger partial charge in [0.2, 0.25) is 5.91 Å². The van der Waals surface area contributed by atoms with E-state index in [-0.39, 0.29) is 18.4 Å². The highest BCUT2D eigenvalue weighted by Crippen LogP contribution is 2.41. The molecule has 1 fully saturated rings. The maximum atomic E-state index is 13.6. The molecule has 6 heteroatoms. The van der Waals surface area contributed by atoms with Gasteiger partial charge in [0.05, 0.1) is 11.9 Å². The van der Waals surface area contributed by atoms with Crippen LogP contribution in [0.15, 0.2) is 53.6 Å². The normalized spacial score (nSPS) is 21.7. The first-order valence-electron chi connectivity index (χ1n) is 9.81. The molecule has 3 heterocycles. The lowest BCUT2D eigenvalue weighted by Crippen LogP contribution is -2.65. The van der Waals surface area contributed by atoms with Crippen LogP contribution in [0.25, 0.3) is 10.9 Å². The Morgan fingerprint density at radius 3 is 2.79 bits per heavy atom. The van der Waals surface area contributed by atoms with E-state index in [0.29, 0.717) is 6.54 Å². The van der Waals surface area contributed by atoms with Crippen LogP contribution in [-0.4, -0.2) is 46.0 Å². The lowest BCUT2D eigenvalue weighted by atomic mass is 9.83. The van der Waals surface area contributed by atoms with E-state index >= 15 is 0 Å². The van der Waals surface area contributed by atoms with Gasteiger partial charge in [-0.25, -0.2) is 5.01 Å². The van der Waals surface area contributed by atoms with Gasteiger partial charge in [0.15, 0.2) is 5.54 Å². The van der Waals surface area contributed by atoms with Gasteiger partial charge >= 0.3 is 0 Å². The van der Waals surface area contributed by atoms with Gasteiger partial charge in [-0.2, -0.15) is 5.10 Å². The first-order chi connectivity index (χ1) is 14.0. The SMILES string of the molecule is Cc1cccc(C=NN2CC(=O)N3CCc4c([nH]c5ccccc45)[C@]3(C)C2=O)c1. The van der Waals surface area contributed by atoms with E-state index in [4.69, 9.17) is 0 Å². The molecule has 2 aliphatic heterocycles. The second-order valence-electron chi connectivity index (χ2n) is 7.91. The number of para-hydroxylation sites is 1. The summed E-state index contributed by atoms with van der Waals surface area (Å²) in [6.07, 6.45) is 2.38. The van der Waals surface area contributed by atoms with Crippen LogP contribution in [0, 0.1) is 6.92 Å². The van der Waals surface area contributed by atoms with Gasteiger partial charge in [0.1, 0.15) is 6.54 Å². The number of carbonyl (C=O) groups excluding carboxylic acids is 2. The average Bonchev–Trinajstić information content (AvgIpc) is 3.10. The average molecular weight is 386 g/mol. The van der Waals surface area contributed by atoms with Crippen LogP contribution in [-0.2, 0) is 21.5 Å². The number of hydrogen-bond donors (Lipinski definition) is 1. The summed E-state index contributed by atoms with van der Waals surface area (Å²) in [5.74, 6) is -0.272. The third-order valence-electron chi connectivity index (χ3n) is 6.05. The first-order valence-corrected chi connectivity index (χ1v) is 9.81. The Balaban J connectivity index is 1.57. The number of hydrogen-bond acceptors (Lipinski definition) is 3. The Labute approximate surface area is 168 Å². The minimum absolute atomic E-state index is 0.0354. The molecule has 0 unspecified atom stereocenters. The van der Waals surface area contributed by atoms with E-state index in [1.807, 2.05) is 56.3 Å². The molecule has 0 spiro atoms. The topological polar surface area (TPSA) is 68.8 Å². The van der Waals surface area contributed by atoms with Gasteiger partial charge in [0, 0.05) is 17.4 Å². The summed E-state index contributed by atoms with van der Waals surface area (Å²) >= 11 is 0. The standard InChI is InChI=1S/C23H22N4O2/c1-15-6-5-7-16(12-15)13-24-27-14-20(28)26-11-10-18-17-8-3-4-9-19(17)25-21(18)23(26,2)22(27)29/h3-9,12-13,25H,10-11,14H2,1-2H3/t23-/m1/s1. The molecule has 2 amide bonds. The lowest BCUT2D eigenvalue weighted by Gasteiger charge is -2.48. The number of hydrazone groups is 1. The van der Waals surface area contributed by atoms with Gasteiger partial charge < -0.3 is 9.88 Å². The monoisotopic (exact) mass is 386 g/mol. The number of aromatic amines is 1. The van der Waals surface area contributed by atoms with Crippen LogP contribution in [0.5, 0.6) is 0 Å². The second-order valence-corrected chi connectivity index (χ2v) is 7.91. The van der Waals surface area contributed by atoms with Crippen molar-refractivity contribution in [3.63, 3.8) is 0 Å². The third-order valence-corrected chi connectivity index (χ3v) is 6.05. The van der Waals surface area contributed by atoms with Crippen LogP contribution in [0.3, 0.4) is 0 Å². The number of amides is 2. The van der Waals surface area contributed by atoms with E-state index in [1.54, 1.807) is 11.1 Å². The summed E-state index contributed by atoms with van der Waals surface area (Å²) in [7, 11) is 0. The van der Waals surface area contributed by atoms with Gasteiger partial charge in [-0.3, -0.25) is 9.59 Å². The maximum absolute atomic E-state index is 13.6. The molecule has 5 rings (SSSR count). The molecule has 0 radical (unpaired) electrons. The molecule has 0 aliphatic carbocycles. The minimum Gasteiger partial charge on any atom is -0.356 e. The number of benzene rings is 2. The van der Waals surface area contributed by atoms with Crippen molar-refractivity contribution in [1.29, 1.82) is 0 Å². The highest BCUT2D eigenvalue weighted by molar-refractivity contribution is 6.01. The number of H-pyrrole nitrogens is 1. The van der Waals surface area contributed by atoms with Crippen LogP contribution < -0.4 is 0 Å². The summed E-state index contributed by atoms with van der Waals surface area (Å²) in [5.41, 5.74) is 3.84. The van der Waals surface area contributed by atoms with Crippen molar-refractivity contribution in [2.75, 3.05) is 13.1 Å². The summed E-state index contributed by atoms with van der Waals surface area (Å²) < 4.78 is 0. The number of aromatic nitrogens is 1. The van der Waals surface area contributed by atoms with Crippen molar-refractivity contribution < 1.29 is 9.59 Å². The Morgan fingerprint density at radius 1 is 1.14 bits per heavy atom. The molecule has 0 saturated carbocycles. The van der Waals surface area contributed by atoms with Crippen LogP contribution >= 0.6 is 0 Å². The molecule has 2 aliphatic rings. The van der Waals surface area contributed by atoms with Crippen LogP contribution in [0.2, 0.25) is 0 Å². The number of piperazine rings is 1. The number of aryl methyl sites for hydroxylation is 1. The number of carbonyl (C=O) groups is 2. The smallest absolute Gasteiger partial charge is 0.275 e. The predicted octanol–water partition coefficient (Wildman–Crippen LogP) is 2.95.